The van der Waals surface area contributed by atoms with E-state index < -0.39 is 10.0 Å². The summed E-state index contributed by atoms with van der Waals surface area (Å²) in [6, 6.07) is 14.5. The van der Waals surface area contributed by atoms with Crippen LogP contribution in [0.2, 0.25) is 5.02 Å². The lowest BCUT2D eigenvalue weighted by molar-refractivity contribution is 0.470. The first-order valence-corrected chi connectivity index (χ1v) is 9.28. The van der Waals surface area contributed by atoms with Gasteiger partial charge in [-0.15, -0.1) is 0 Å². The molecule has 1 heterocycles. The summed E-state index contributed by atoms with van der Waals surface area (Å²) in [7, 11) is -3.64. The number of halogens is 1. The Bertz CT molecular complexity index is 809. The van der Waals surface area contributed by atoms with Gasteiger partial charge in [-0.1, -0.05) is 48.0 Å². The van der Waals surface area contributed by atoms with E-state index in [1.807, 2.05) is 37.3 Å². The van der Waals surface area contributed by atoms with Gasteiger partial charge in [-0.05, 0) is 30.2 Å². The average molecular weight is 351 g/mol. The van der Waals surface area contributed by atoms with E-state index in [1.54, 1.807) is 18.2 Å². The monoisotopic (exact) mass is 350 g/mol. The molecule has 0 bridgehead atoms. The van der Waals surface area contributed by atoms with E-state index in [9.17, 15) is 8.42 Å². The molecule has 4 nitrogen and oxygen atoms in total. The Labute approximate surface area is 141 Å². The van der Waals surface area contributed by atoms with Crippen molar-refractivity contribution in [2.24, 2.45) is 5.73 Å². The van der Waals surface area contributed by atoms with Crippen LogP contribution in [0.5, 0.6) is 0 Å². The molecule has 2 aromatic carbocycles. The minimum absolute atomic E-state index is 0.00445. The van der Waals surface area contributed by atoms with E-state index in [0.717, 1.165) is 11.1 Å². The van der Waals surface area contributed by atoms with Crippen molar-refractivity contribution in [2.45, 2.75) is 23.8 Å². The van der Waals surface area contributed by atoms with E-state index in [1.165, 1.54) is 4.31 Å². The van der Waals surface area contributed by atoms with Crippen molar-refractivity contribution in [3.63, 3.8) is 0 Å². The fourth-order valence-corrected chi connectivity index (χ4v) is 5.07. The van der Waals surface area contributed by atoms with E-state index in [0.29, 0.717) is 13.1 Å². The van der Waals surface area contributed by atoms with Crippen LogP contribution in [0, 0.1) is 6.92 Å². The summed E-state index contributed by atoms with van der Waals surface area (Å²) in [5.74, 6) is -0.00445. The number of hydrogen-bond acceptors (Lipinski definition) is 3. The van der Waals surface area contributed by atoms with Crippen molar-refractivity contribution in [2.75, 3.05) is 13.1 Å². The topological polar surface area (TPSA) is 63.4 Å². The summed E-state index contributed by atoms with van der Waals surface area (Å²) in [6.07, 6.45) is 0. The summed E-state index contributed by atoms with van der Waals surface area (Å²) in [5, 5.41) is 0.252. The lowest BCUT2D eigenvalue weighted by Crippen LogP contribution is -2.32. The molecule has 0 aliphatic carbocycles. The highest BCUT2D eigenvalue weighted by atomic mass is 35.5. The number of benzene rings is 2. The fourth-order valence-electron chi connectivity index (χ4n) is 2.99. The lowest BCUT2D eigenvalue weighted by Gasteiger charge is -2.17. The molecular formula is C17H19ClN2O2S. The summed E-state index contributed by atoms with van der Waals surface area (Å²) in [4.78, 5) is 0.144. The Morgan fingerprint density at radius 1 is 1.13 bits per heavy atom. The second-order valence-corrected chi connectivity index (χ2v) is 8.25. The van der Waals surface area contributed by atoms with E-state index in [2.05, 4.69) is 0 Å². The van der Waals surface area contributed by atoms with Crippen LogP contribution in [0.25, 0.3) is 0 Å². The van der Waals surface area contributed by atoms with Crippen molar-refractivity contribution >= 4 is 21.6 Å². The summed E-state index contributed by atoms with van der Waals surface area (Å²) in [6.45, 7) is 2.54. The third-order valence-corrected chi connectivity index (χ3v) is 6.58. The third-order valence-electron chi connectivity index (χ3n) is 4.26. The van der Waals surface area contributed by atoms with Crippen molar-refractivity contribution in [1.29, 1.82) is 0 Å². The van der Waals surface area contributed by atoms with Gasteiger partial charge in [0.05, 0.1) is 5.02 Å². The lowest BCUT2D eigenvalue weighted by atomic mass is 9.95. The van der Waals surface area contributed by atoms with Gasteiger partial charge in [-0.3, -0.25) is 0 Å². The maximum Gasteiger partial charge on any atom is 0.244 e. The number of hydrogen-bond donors (Lipinski definition) is 1. The Morgan fingerprint density at radius 2 is 1.83 bits per heavy atom. The standard InChI is InChI=1S/C17H19ClN2O2S/c1-12-7-8-17(15(18)9-12)23(21,22)20-10-14(16(19)11-20)13-5-3-2-4-6-13/h2-9,14,16H,10-11,19H2,1H3/t14-,16+/m0/s1. The smallest absolute Gasteiger partial charge is 0.244 e. The first kappa shape index (κ1) is 16.5. The zero-order valence-electron chi connectivity index (χ0n) is 12.8. The number of rotatable bonds is 3. The molecule has 0 unspecified atom stereocenters. The largest absolute Gasteiger partial charge is 0.326 e. The van der Waals surface area contributed by atoms with Gasteiger partial charge in [0.1, 0.15) is 4.90 Å². The van der Waals surface area contributed by atoms with Gasteiger partial charge in [-0.2, -0.15) is 4.31 Å². The second kappa shape index (κ2) is 6.24. The van der Waals surface area contributed by atoms with Crippen LogP contribution in [0.15, 0.2) is 53.4 Å². The third kappa shape index (κ3) is 3.15. The summed E-state index contributed by atoms with van der Waals surface area (Å²) in [5.41, 5.74) is 8.19. The van der Waals surface area contributed by atoms with Crippen LogP contribution < -0.4 is 5.73 Å². The van der Waals surface area contributed by atoms with E-state index >= 15 is 0 Å². The van der Waals surface area contributed by atoms with Gasteiger partial charge in [0, 0.05) is 25.0 Å². The van der Waals surface area contributed by atoms with Gasteiger partial charge in [0.2, 0.25) is 10.0 Å². The van der Waals surface area contributed by atoms with Crippen LogP contribution in [0.3, 0.4) is 0 Å². The molecule has 2 N–H and O–H groups in total. The van der Waals surface area contributed by atoms with E-state index in [4.69, 9.17) is 17.3 Å². The zero-order chi connectivity index (χ0) is 16.6. The van der Waals surface area contributed by atoms with Crippen molar-refractivity contribution in [3.8, 4) is 0 Å². The minimum Gasteiger partial charge on any atom is -0.326 e. The second-order valence-electron chi connectivity index (χ2n) is 5.94. The number of nitrogens with zero attached hydrogens (tertiary/aromatic N) is 1. The van der Waals surface area contributed by atoms with Gasteiger partial charge in [0.15, 0.2) is 0 Å². The molecule has 0 spiro atoms. The molecule has 0 amide bonds. The van der Waals surface area contributed by atoms with Crippen molar-refractivity contribution < 1.29 is 8.42 Å². The van der Waals surface area contributed by atoms with Crippen LogP contribution in [0.4, 0.5) is 0 Å². The predicted molar refractivity (Wildman–Crippen MR) is 92.1 cm³/mol. The zero-order valence-corrected chi connectivity index (χ0v) is 14.4. The number of aryl methyl sites for hydroxylation is 1. The van der Waals surface area contributed by atoms with Crippen LogP contribution in [-0.4, -0.2) is 31.9 Å². The van der Waals surface area contributed by atoms with Crippen molar-refractivity contribution in [1.82, 2.24) is 4.31 Å². The quantitative estimate of drug-likeness (QED) is 0.925. The highest BCUT2D eigenvalue weighted by Gasteiger charge is 2.38. The average Bonchev–Trinajstić information content (AvgIpc) is 2.90. The molecule has 2 atom stereocenters. The molecule has 1 aliphatic rings. The predicted octanol–water partition coefficient (Wildman–Crippen LogP) is 2.76. The summed E-state index contributed by atoms with van der Waals surface area (Å²) < 4.78 is 27.2. The molecule has 2 aromatic rings. The highest BCUT2D eigenvalue weighted by molar-refractivity contribution is 7.89. The Kier molecular flexibility index (Phi) is 4.47. The molecule has 0 radical (unpaired) electrons. The van der Waals surface area contributed by atoms with Gasteiger partial charge < -0.3 is 5.73 Å². The van der Waals surface area contributed by atoms with Crippen LogP contribution >= 0.6 is 11.6 Å². The first-order valence-electron chi connectivity index (χ1n) is 7.46. The van der Waals surface area contributed by atoms with Crippen molar-refractivity contribution in [3.05, 3.63) is 64.7 Å². The minimum atomic E-state index is -3.64. The van der Waals surface area contributed by atoms with Gasteiger partial charge in [-0.25, -0.2) is 8.42 Å². The number of sulfonamides is 1. The first-order chi connectivity index (χ1) is 10.9. The Balaban J connectivity index is 1.90. The molecule has 1 aliphatic heterocycles. The molecule has 1 saturated heterocycles. The molecule has 23 heavy (non-hydrogen) atoms. The Hall–Kier alpha value is -1.40. The molecule has 3 rings (SSSR count). The van der Waals surface area contributed by atoms with Gasteiger partial charge in [0.25, 0.3) is 0 Å². The highest BCUT2D eigenvalue weighted by Crippen LogP contribution is 2.32. The maximum atomic E-state index is 12.9. The molecule has 1 fully saturated rings. The summed E-state index contributed by atoms with van der Waals surface area (Å²) >= 11 is 6.15. The Morgan fingerprint density at radius 3 is 2.48 bits per heavy atom. The van der Waals surface area contributed by atoms with Crippen LogP contribution in [0.1, 0.15) is 17.0 Å². The van der Waals surface area contributed by atoms with Crippen LogP contribution in [-0.2, 0) is 10.0 Å². The maximum absolute atomic E-state index is 12.9. The fraction of sp³-hybridized carbons (Fsp3) is 0.294. The SMILES string of the molecule is Cc1ccc(S(=O)(=O)N2C[C@@H](N)[C@H](c3ccccc3)C2)c(Cl)c1. The van der Waals surface area contributed by atoms with Gasteiger partial charge >= 0.3 is 0 Å². The molecule has 6 heteroatoms. The van der Waals surface area contributed by atoms with E-state index in [-0.39, 0.29) is 21.9 Å². The normalized spacial score (nSPS) is 22.4. The molecule has 122 valence electrons. The molecular weight excluding hydrogens is 332 g/mol. The molecule has 0 aromatic heterocycles. The molecule has 0 saturated carbocycles. The number of nitrogens with two attached hydrogens (primary N) is 1.